The highest BCUT2D eigenvalue weighted by Gasteiger charge is 2.05. The van der Waals surface area contributed by atoms with Crippen molar-refractivity contribution in [3.8, 4) is 11.5 Å². The molecule has 0 saturated carbocycles. The van der Waals surface area contributed by atoms with E-state index in [0.717, 1.165) is 30.1 Å². The molecule has 0 bridgehead atoms. The second kappa shape index (κ2) is 10.7. The van der Waals surface area contributed by atoms with E-state index in [4.69, 9.17) is 9.47 Å². The van der Waals surface area contributed by atoms with Crippen LogP contribution >= 0.6 is 11.8 Å². The number of hydrogen-bond acceptors (Lipinski definition) is 4. The predicted molar refractivity (Wildman–Crippen MR) is 103 cm³/mol. The normalized spacial score (nSPS) is 10.3. The van der Waals surface area contributed by atoms with Crippen molar-refractivity contribution in [2.24, 2.45) is 0 Å². The van der Waals surface area contributed by atoms with Crippen LogP contribution in [0.4, 0.5) is 0 Å². The summed E-state index contributed by atoms with van der Waals surface area (Å²) in [5.41, 5.74) is 2.42. The van der Waals surface area contributed by atoms with Gasteiger partial charge in [0.2, 0.25) is 5.91 Å². The summed E-state index contributed by atoms with van der Waals surface area (Å²) in [7, 11) is 3.26. The molecule has 0 heterocycles. The number of rotatable bonds is 10. The maximum atomic E-state index is 11.9. The molecule has 0 fully saturated rings. The van der Waals surface area contributed by atoms with Gasteiger partial charge in [0.15, 0.2) is 11.5 Å². The lowest BCUT2D eigenvalue weighted by atomic mass is 10.1. The van der Waals surface area contributed by atoms with E-state index >= 15 is 0 Å². The largest absolute Gasteiger partial charge is 0.493 e. The van der Waals surface area contributed by atoms with Gasteiger partial charge in [-0.15, -0.1) is 11.8 Å². The van der Waals surface area contributed by atoms with E-state index in [1.165, 1.54) is 11.1 Å². The number of benzene rings is 2. The Morgan fingerprint density at radius 1 is 1.00 bits per heavy atom. The Labute approximate surface area is 153 Å². The van der Waals surface area contributed by atoms with E-state index in [-0.39, 0.29) is 5.91 Å². The number of carbonyl (C=O) groups is 1. The fourth-order valence-corrected chi connectivity index (χ4v) is 3.26. The molecular formula is C20H25NO3S. The number of ether oxygens (including phenoxy) is 2. The monoisotopic (exact) mass is 359 g/mol. The summed E-state index contributed by atoms with van der Waals surface area (Å²) in [5, 5.41) is 2.97. The lowest BCUT2D eigenvalue weighted by Gasteiger charge is -2.10. The van der Waals surface area contributed by atoms with Crippen LogP contribution in [0.15, 0.2) is 48.5 Å². The van der Waals surface area contributed by atoms with E-state index in [2.05, 4.69) is 17.4 Å². The summed E-state index contributed by atoms with van der Waals surface area (Å²) in [6.45, 7) is 0.680. The second-order valence-electron chi connectivity index (χ2n) is 5.62. The number of hydrogen-bond donors (Lipinski definition) is 1. The van der Waals surface area contributed by atoms with Crippen LogP contribution in [-0.4, -0.2) is 32.4 Å². The third kappa shape index (κ3) is 6.70. The molecule has 0 aromatic heterocycles. The van der Waals surface area contributed by atoms with E-state index in [1.54, 1.807) is 26.0 Å². The summed E-state index contributed by atoms with van der Waals surface area (Å²) in [5.74, 6) is 2.91. The van der Waals surface area contributed by atoms with Gasteiger partial charge in [0, 0.05) is 12.3 Å². The molecule has 25 heavy (non-hydrogen) atoms. The SMILES string of the molecule is COc1ccc(CCCNC(=O)CSCc2ccccc2)cc1OC. The van der Waals surface area contributed by atoms with Gasteiger partial charge >= 0.3 is 0 Å². The predicted octanol–water partition coefficient (Wildman–Crippen LogP) is 3.69. The standard InChI is InChI=1S/C20H25NO3S/c1-23-18-11-10-16(13-19(18)24-2)9-6-12-21-20(22)15-25-14-17-7-4-3-5-8-17/h3-5,7-8,10-11,13H,6,9,12,14-15H2,1-2H3,(H,21,22). The minimum atomic E-state index is 0.0910. The molecule has 134 valence electrons. The number of carbonyl (C=O) groups excluding carboxylic acids is 1. The van der Waals surface area contributed by atoms with Gasteiger partial charge in [-0.25, -0.2) is 0 Å². The zero-order chi connectivity index (χ0) is 17.9. The quantitative estimate of drug-likeness (QED) is 0.657. The second-order valence-corrected chi connectivity index (χ2v) is 6.61. The van der Waals surface area contributed by atoms with Crippen LogP contribution in [0.3, 0.4) is 0 Å². The first-order valence-electron chi connectivity index (χ1n) is 8.32. The maximum Gasteiger partial charge on any atom is 0.230 e. The zero-order valence-corrected chi connectivity index (χ0v) is 15.6. The minimum absolute atomic E-state index is 0.0910. The molecular weight excluding hydrogens is 334 g/mol. The number of nitrogens with one attached hydrogen (secondary N) is 1. The van der Waals surface area contributed by atoms with Gasteiger partial charge in [0.1, 0.15) is 0 Å². The van der Waals surface area contributed by atoms with E-state index in [0.29, 0.717) is 12.3 Å². The van der Waals surface area contributed by atoms with Crippen LogP contribution in [0.25, 0.3) is 0 Å². The van der Waals surface area contributed by atoms with Crippen molar-refractivity contribution >= 4 is 17.7 Å². The van der Waals surface area contributed by atoms with Crippen LogP contribution < -0.4 is 14.8 Å². The Hall–Kier alpha value is -2.14. The highest BCUT2D eigenvalue weighted by atomic mass is 32.2. The Kier molecular flexibility index (Phi) is 8.19. The molecule has 2 aromatic rings. The molecule has 0 aliphatic rings. The molecule has 0 aliphatic heterocycles. The van der Waals surface area contributed by atoms with Crippen molar-refractivity contribution in [2.75, 3.05) is 26.5 Å². The molecule has 0 unspecified atom stereocenters. The van der Waals surface area contributed by atoms with E-state index in [1.807, 2.05) is 36.4 Å². The Morgan fingerprint density at radius 3 is 2.48 bits per heavy atom. The molecule has 0 spiro atoms. The van der Waals surface area contributed by atoms with Crippen LogP contribution in [0.5, 0.6) is 11.5 Å². The third-order valence-corrected chi connectivity index (χ3v) is 4.76. The van der Waals surface area contributed by atoms with Crippen molar-refractivity contribution in [3.63, 3.8) is 0 Å². The van der Waals surface area contributed by atoms with Crippen molar-refractivity contribution < 1.29 is 14.3 Å². The summed E-state index contributed by atoms with van der Waals surface area (Å²) in [4.78, 5) is 11.9. The summed E-state index contributed by atoms with van der Waals surface area (Å²) >= 11 is 1.64. The van der Waals surface area contributed by atoms with Gasteiger partial charge in [-0.2, -0.15) is 0 Å². The average molecular weight is 359 g/mol. The first-order valence-corrected chi connectivity index (χ1v) is 9.47. The molecule has 5 heteroatoms. The summed E-state index contributed by atoms with van der Waals surface area (Å²) < 4.78 is 10.5. The Bertz CT molecular complexity index is 661. The Morgan fingerprint density at radius 2 is 1.76 bits per heavy atom. The number of aryl methyl sites for hydroxylation is 1. The lowest BCUT2D eigenvalue weighted by molar-refractivity contribution is -0.118. The first kappa shape index (κ1) is 19.2. The highest BCUT2D eigenvalue weighted by Crippen LogP contribution is 2.27. The molecule has 0 aliphatic carbocycles. The Balaban J connectivity index is 1.63. The zero-order valence-electron chi connectivity index (χ0n) is 14.8. The molecule has 2 aromatic carbocycles. The van der Waals surface area contributed by atoms with Crippen LogP contribution in [0, 0.1) is 0 Å². The molecule has 0 atom stereocenters. The van der Waals surface area contributed by atoms with Crippen LogP contribution in [0.2, 0.25) is 0 Å². The smallest absolute Gasteiger partial charge is 0.230 e. The number of amides is 1. The summed E-state index contributed by atoms with van der Waals surface area (Å²) in [6, 6.07) is 16.1. The fraction of sp³-hybridized carbons (Fsp3) is 0.350. The molecule has 1 N–H and O–H groups in total. The van der Waals surface area contributed by atoms with Gasteiger partial charge in [-0.05, 0) is 36.1 Å². The van der Waals surface area contributed by atoms with Crippen LogP contribution in [-0.2, 0) is 17.0 Å². The number of methoxy groups -OCH3 is 2. The van der Waals surface area contributed by atoms with E-state index < -0.39 is 0 Å². The molecule has 0 saturated heterocycles. The van der Waals surface area contributed by atoms with Gasteiger partial charge in [0.25, 0.3) is 0 Å². The van der Waals surface area contributed by atoms with Gasteiger partial charge in [-0.3, -0.25) is 4.79 Å². The fourth-order valence-electron chi connectivity index (χ4n) is 2.44. The topological polar surface area (TPSA) is 47.6 Å². The van der Waals surface area contributed by atoms with Gasteiger partial charge in [-0.1, -0.05) is 36.4 Å². The van der Waals surface area contributed by atoms with Crippen molar-refractivity contribution in [1.29, 1.82) is 0 Å². The molecule has 2 rings (SSSR count). The van der Waals surface area contributed by atoms with Gasteiger partial charge < -0.3 is 14.8 Å². The van der Waals surface area contributed by atoms with Crippen LogP contribution in [0.1, 0.15) is 17.5 Å². The minimum Gasteiger partial charge on any atom is -0.493 e. The maximum absolute atomic E-state index is 11.9. The average Bonchev–Trinajstić information content (AvgIpc) is 2.66. The lowest BCUT2D eigenvalue weighted by Crippen LogP contribution is -2.26. The number of thioether (sulfide) groups is 1. The van der Waals surface area contributed by atoms with Crippen molar-refractivity contribution in [1.82, 2.24) is 5.32 Å². The summed E-state index contributed by atoms with van der Waals surface area (Å²) in [6.07, 6.45) is 1.78. The first-order chi connectivity index (χ1) is 12.2. The molecule has 4 nitrogen and oxygen atoms in total. The van der Waals surface area contributed by atoms with Crippen molar-refractivity contribution in [2.45, 2.75) is 18.6 Å². The van der Waals surface area contributed by atoms with Crippen molar-refractivity contribution in [3.05, 3.63) is 59.7 Å². The third-order valence-electron chi connectivity index (χ3n) is 3.76. The van der Waals surface area contributed by atoms with E-state index in [9.17, 15) is 4.79 Å². The van der Waals surface area contributed by atoms with Gasteiger partial charge in [0.05, 0.1) is 20.0 Å². The molecule has 1 amide bonds. The molecule has 0 radical (unpaired) electrons. The highest BCUT2D eigenvalue weighted by molar-refractivity contribution is 7.99.